The van der Waals surface area contributed by atoms with Crippen LogP contribution >= 0.6 is 0 Å². The number of hydrogen-bond donors (Lipinski definition) is 1. The summed E-state index contributed by atoms with van der Waals surface area (Å²) in [5.74, 6) is -0.168. The van der Waals surface area contributed by atoms with Crippen molar-refractivity contribution in [2.75, 3.05) is 24.7 Å². The van der Waals surface area contributed by atoms with Crippen LogP contribution in [-0.2, 0) is 19.1 Å². The topological polar surface area (TPSA) is 128 Å². The Morgan fingerprint density at radius 3 is 2.47 bits per heavy atom. The van der Waals surface area contributed by atoms with Crippen molar-refractivity contribution < 1.29 is 27.1 Å². The second-order valence-electron chi connectivity index (χ2n) is 8.31. The molecule has 1 aromatic carbocycles. The fourth-order valence-corrected chi connectivity index (χ4v) is 4.89. The first-order chi connectivity index (χ1) is 13.9. The lowest BCUT2D eigenvalue weighted by Crippen LogP contribution is -2.56. The molecule has 2 aliphatic heterocycles. The van der Waals surface area contributed by atoms with E-state index in [1.807, 2.05) is 0 Å². The van der Waals surface area contributed by atoms with E-state index < -0.39 is 38.7 Å². The van der Waals surface area contributed by atoms with E-state index in [4.69, 9.17) is 8.92 Å². The maximum absolute atomic E-state index is 12.0. The minimum Gasteiger partial charge on any atom is -0.484 e. The second-order valence-corrected chi connectivity index (χ2v) is 9.91. The van der Waals surface area contributed by atoms with Crippen molar-refractivity contribution in [3.8, 4) is 5.75 Å². The van der Waals surface area contributed by atoms with Gasteiger partial charge in [0.25, 0.3) is 15.8 Å². The molecule has 1 saturated heterocycles. The molecule has 11 heteroatoms. The summed E-state index contributed by atoms with van der Waals surface area (Å²) in [6.07, 6.45) is 3.09. The number of fused-ring (bicyclic) bond motifs is 1. The third-order valence-corrected chi connectivity index (χ3v) is 5.92. The van der Waals surface area contributed by atoms with Crippen molar-refractivity contribution in [1.82, 2.24) is 4.90 Å². The Bertz CT molecular complexity index is 955. The summed E-state index contributed by atoms with van der Waals surface area (Å²) < 4.78 is 35.6. The molecule has 1 aromatic rings. The molecule has 1 fully saturated rings. The van der Waals surface area contributed by atoms with Crippen LogP contribution in [0, 0.1) is 10.1 Å². The van der Waals surface area contributed by atoms with Gasteiger partial charge < -0.3 is 10.1 Å². The SMILES string of the molecule is CC(=O)Nc1cc2c(cc1[N+](=O)[O-])OC(C)(C)[C@H](OS(C)(=O)=O)[C@H]2N1CCCCC1. The summed E-state index contributed by atoms with van der Waals surface area (Å²) in [4.78, 5) is 24.7. The van der Waals surface area contributed by atoms with Crippen LogP contribution < -0.4 is 10.1 Å². The van der Waals surface area contributed by atoms with Crippen LogP contribution in [0.25, 0.3) is 0 Å². The van der Waals surface area contributed by atoms with E-state index in [0.717, 1.165) is 38.6 Å². The molecular formula is C19H27N3O7S. The number of carbonyl (C=O) groups is 1. The van der Waals surface area contributed by atoms with Gasteiger partial charge in [-0.2, -0.15) is 8.42 Å². The number of nitro benzene ring substituents is 1. The van der Waals surface area contributed by atoms with E-state index in [1.165, 1.54) is 19.1 Å². The lowest BCUT2D eigenvalue weighted by Gasteiger charge is -2.48. The Labute approximate surface area is 175 Å². The summed E-state index contributed by atoms with van der Waals surface area (Å²) >= 11 is 0. The van der Waals surface area contributed by atoms with Crippen LogP contribution in [0.5, 0.6) is 5.75 Å². The van der Waals surface area contributed by atoms with Gasteiger partial charge in [0.2, 0.25) is 5.91 Å². The molecule has 1 N–H and O–H groups in total. The fraction of sp³-hybridized carbons (Fsp3) is 0.632. The van der Waals surface area contributed by atoms with Crippen molar-refractivity contribution in [1.29, 1.82) is 0 Å². The standard InChI is InChI=1S/C19H27N3O7S/c1-12(23)20-14-10-13-16(11-15(14)22(24)25)28-19(2,3)18(29-30(4,26)27)17(13)21-8-6-5-7-9-21/h10-11,17-18H,5-9H2,1-4H3,(H,20,23)/t17-,18+/m0/s1. The summed E-state index contributed by atoms with van der Waals surface area (Å²) in [6.45, 7) is 6.14. The molecule has 0 aliphatic carbocycles. The smallest absolute Gasteiger partial charge is 0.296 e. The Kier molecular flexibility index (Phi) is 6.08. The molecule has 0 spiro atoms. The number of nitro groups is 1. The molecule has 30 heavy (non-hydrogen) atoms. The number of piperidine rings is 1. The second kappa shape index (κ2) is 8.12. The predicted octanol–water partition coefficient (Wildman–Crippen LogP) is 2.60. The number of anilines is 1. The largest absolute Gasteiger partial charge is 0.484 e. The minimum absolute atomic E-state index is 0.0367. The third kappa shape index (κ3) is 4.73. The molecule has 2 heterocycles. The number of likely N-dealkylation sites (tertiary alicyclic amines) is 1. The zero-order valence-corrected chi connectivity index (χ0v) is 18.3. The van der Waals surface area contributed by atoms with E-state index >= 15 is 0 Å². The molecule has 10 nitrogen and oxygen atoms in total. The molecule has 3 rings (SSSR count). The zero-order chi connectivity index (χ0) is 22.3. The van der Waals surface area contributed by atoms with Gasteiger partial charge in [0.1, 0.15) is 23.1 Å². The number of hydrogen-bond acceptors (Lipinski definition) is 8. The minimum atomic E-state index is -3.80. The van der Waals surface area contributed by atoms with Crippen molar-refractivity contribution in [3.63, 3.8) is 0 Å². The number of nitrogens with zero attached hydrogens (tertiary/aromatic N) is 2. The van der Waals surface area contributed by atoms with Gasteiger partial charge >= 0.3 is 0 Å². The monoisotopic (exact) mass is 441 g/mol. The van der Waals surface area contributed by atoms with Crippen LogP contribution in [0.1, 0.15) is 51.6 Å². The summed E-state index contributed by atoms with van der Waals surface area (Å²) in [5.41, 5.74) is -0.768. The Balaban J connectivity index is 2.20. The summed E-state index contributed by atoms with van der Waals surface area (Å²) in [5, 5.41) is 14.1. The van der Waals surface area contributed by atoms with E-state index in [1.54, 1.807) is 13.8 Å². The van der Waals surface area contributed by atoms with Crippen LogP contribution in [0.15, 0.2) is 12.1 Å². The van der Waals surface area contributed by atoms with Crippen molar-refractivity contribution >= 4 is 27.4 Å². The first kappa shape index (κ1) is 22.4. The van der Waals surface area contributed by atoms with Gasteiger partial charge in [-0.15, -0.1) is 0 Å². The number of benzene rings is 1. The Morgan fingerprint density at radius 2 is 1.93 bits per heavy atom. The molecule has 0 bridgehead atoms. The van der Waals surface area contributed by atoms with E-state index in [-0.39, 0.29) is 17.1 Å². The zero-order valence-electron chi connectivity index (χ0n) is 17.5. The molecule has 1 amide bonds. The molecule has 0 radical (unpaired) electrons. The van der Waals surface area contributed by atoms with Crippen LogP contribution in [0.3, 0.4) is 0 Å². The molecule has 0 unspecified atom stereocenters. The van der Waals surface area contributed by atoms with Gasteiger partial charge in [-0.05, 0) is 45.8 Å². The summed E-state index contributed by atoms with van der Waals surface area (Å²) in [6, 6.07) is 2.28. The molecule has 0 saturated carbocycles. The summed E-state index contributed by atoms with van der Waals surface area (Å²) in [7, 11) is -3.80. The lowest BCUT2D eigenvalue weighted by atomic mass is 9.84. The van der Waals surface area contributed by atoms with Gasteiger partial charge in [-0.3, -0.25) is 24.0 Å². The normalized spacial score (nSPS) is 23.9. The van der Waals surface area contributed by atoms with Gasteiger partial charge in [0.15, 0.2) is 0 Å². The average molecular weight is 442 g/mol. The van der Waals surface area contributed by atoms with Gasteiger partial charge in [0.05, 0.1) is 23.3 Å². The van der Waals surface area contributed by atoms with Crippen LogP contribution in [0.2, 0.25) is 0 Å². The first-order valence-electron chi connectivity index (χ1n) is 9.80. The van der Waals surface area contributed by atoms with Crippen molar-refractivity contribution in [3.05, 3.63) is 27.8 Å². The number of carbonyl (C=O) groups excluding carboxylic acids is 1. The van der Waals surface area contributed by atoms with E-state index in [0.29, 0.717) is 5.56 Å². The van der Waals surface area contributed by atoms with Gasteiger partial charge in [-0.1, -0.05) is 6.42 Å². The number of nitrogens with one attached hydrogen (secondary N) is 1. The molecule has 166 valence electrons. The Morgan fingerprint density at radius 1 is 1.30 bits per heavy atom. The maximum atomic E-state index is 12.0. The highest BCUT2D eigenvalue weighted by molar-refractivity contribution is 7.86. The Hall–Kier alpha value is -2.24. The van der Waals surface area contributed by atoms with E-state index in [9.17, 15) is 23.3 Å². The average Bonchev–Trinajstić information content (AvgIpc) is 2.61. The predicted molar refractivity (Wildman–Crippen MR) is 110 cm³/mol. The molecule has 0 aromatic heterocycles. The van der Waals surface area contributed by atoms with Gasteiger partial charge in [0, 0.05) is 12.5 Å². The number of ether oxygens (including phenoxy) is 1. The molecule has 2 aliphatic rings. The highest BCUT2D eigenvalue weighted by Crippen LogP contribution is 2.48. The first-order valence-corrected chi connectivity index (χ1v) is 11.6. The highest BCUT2D eigenvalue weighted by atomic mass is 32.2. The van der Waals surface area contributed by atoms with Crippen molar-refractivity contribution in [2.45, 2.75) is 57.8 Å². The van der Waals surface area contributed by atoms with Crippen molar-refractivity contribution in [2.24, 2.45) is 0 Å². The molecular weight excluding hydrogens is 414 g/mol. The van der Waals surface area contributed by atoms with E-state index in [2.05, 4.69) is 10.2 Å². The third-order valence-electron chi connectivity index (χ3n) is 5.36. The van der Waals surface area contributed by atoms with Crippen LogP contribution in [-0.4, -0.2) is 55.2 Å². The number of amides is 1. The quantitative estimate of drug-likeness (QED) is 0.419. The highest BCUT2D eigenvalue weighted by Gasteiger charge is 2.49. The van der Waals surface area contributed by atoms with Crippen LogP contribution in [0.4, 0.5) is 11.4 Å². The fourth-order valence-electron chi connectivity index (χ4n) is 4.17. The maximum Gasteiger partial charge on any atom is 0.296 e. The van der Waals surface area contributed by atoms with Gasteiger partial charge in [-0.25, -0.2) is 0 Å². The lowest BCUT2D eigenvalue weighted by molar-refractivity contribution is -0.384. The molecule has 2 atom stereocenters. The number of rotatable bonds is 5.